The van der Waals surface area contributed by atoms with Crippen LogP contribution in [0.2, 0.25) is 0 Å². The van der Waals surface area contributed by atoms with Crippen molar-refractivity contribution >= 4 is 34.2 Å². The van der Waals surface area contributed by atoms with Gasteiger partial charge in [-0.05, 0) is 18.4 Å². The highest BCUT2D eigenvalue weighted by atomic mass is 32.1. The molecule has 0 bridgehead atoms. The second-order valence-corrected chi connectivity index (χ2v) is 7.56. The molecule has 1 aromatic heterocycles. The minimum absolute atomic E-state index is 0.197. The molecule has 1 aliphatic carbocycles. The first-order chi connectivity index (χ1) is 10.7. The first-order valence-corrected chi connectivity index (χ1v) is 8.15. The van der Waals surface area contributed by atoms with Gasteiger partial charge in [-0.3, -0.25) is 9.59 Å². The lowest BCUT2D eigenvalue weighted by atomic mass is 9.95. The van der Waals surface area contributed by atoms with Gasteiger partial charge < -0.3 is 14.8 Å². The summed E-state index contributed by atoms with van der Waals surface area (Å²) >= 11 is 1.33. The number of fused-ring (bicyclic) bond motifs is 1. The van der Waals surface area contributed by atoms with Crippen LogP contribution in [0.3, 0.4) is 0 Å². The number of nitrogens with one attached hydrogen (secondary N) is 1. The predicted octanol–water partition coefficient (Wildman–Crippen LogP) is 2.72. The van der Waals surface area contributed by atoms with Crippen molar-refractivity contribution in [2.24, 2.45) is 5.41 Å². The van der Waals surface area contributed by atoms with Crippen LogP contribution >= 0.6 is 11.3 Å². The summed E-state index contributed by atoms with van der Waals surface area (Å²) < 4.78 is 9.68. The second kappa shape index (κ2) is 6.31. The Kier molecular flexibility index (Phi) is 4.79. The summed E-state index contributed by atoms with van der Waals surface area (Å²) in [6, 6.07) is 0. The van der Waals surface area contributed by atoms with Gasteiger partial charge in [0.25, 0.3) is 0 Å². The number of hydrogen-bond acceptors (Lipinski definition) is 6. The van der Waals surface area contributed by atoms with E-state index in [1.165, 1.54) is 25.6 Å². The van der Waals surface area contributed by atoms with Crippen molar-refractivity contribution in [1.82, 2.24) is 0 Å². The van der Waals surface area contributed by atoms with Gasteiger partial charge in [0.2, 0.25) is 5.91 Å². The van der Waals surface area contributed by atoms with Crippen molar-refractivity contribution in [1.29, 1.82) is 0 Å². The third-order valence-corrected chi connectivity index (χ3v) is 4.99. The molecule has 1 heterocycles. The normalized spacial score (nSPS) is 16.7. The van der Waals surface area contributed by atoms with E-state index in [1.54, 1.807) is 20.8 Å². The predicted molar refractivity (Wildman–Crippen MR) is 86.8 cm³/mol. The molecule has 1 N–H and O–H groups in total. The highest BCUT2D eigenvalue weighted by Crippen LogP contribution is 2.46. The Hall–Kier alpha value is -1.89. The lowest BCUT2D eigenvalue weighted by Crippen LogP contribution is -2.28. The van der Waals surface area contributed by atoms with Gasteiger partial charge in [0.05, 0.1) is 25.7 Å². The van der Waals surface area contributed by atoms with Crippen LogP contribution in [-0.4, -0.2) is 32.1 Å². The number of rotatable bonds is 3. The monoisotopic (exact) mass is 339 g/mol. The SMILES string of the molecule is COC(=O)c1c(NC(=O)C(C)(C)C)sc2c1[C@@H](C(=O)OC)CC2. The summed E-state index contributed by atoms with van der Waals surface area (Å²) in [6.45, 7) is 5.37. The van der Waals surface area contributed by atoms with Crippen LogP contribution in [0.15, 0.2) is 0 Å². The molecule has 0 radical (unpaired) electrons. The number of thiophene rings is 1. The first-order valence-electron chi connectivity index (χ1n) is 7.33. The number of carbonyl (C=O) groups excluding carboxylic acids is 3. The largest absolute Gasteiger partial charge is 0.469 e. The fourth-order valence-electron chi connectivity index (χ4n) is 2.53. The molecule has 2 rings (SSSR count). The van der Waals surface area contributed by atoms with Gasteiger partial charge in [-0.15, -0.1) is 11.3 Å². The van der Waals surface area contributed by atoms with E-state index in [2.05, 4.69) is 5.32 Å². The molecule has 23 heavy (non-hydrogen) atoms. The number of methoxy groups -OCH3 is 2. The average molecular weight is 339 g/mol. The number of esters is 2. The summed E-state index contributed by atoms with van der Waals surface area (Å²) in [4.78, 5) is 37.4. The van der Waals surface area contributed by atoms with E-state index in [0.717, 1.165) is 4.88 Å². The zero-order valence-electron chi connectivity index (χ0n) is 13.9. The van der Waals surface area contributed by atoms with E-state index in [9.17, 15) is 14.4 Å². The van der Waals surface area contributed by atoms with E-state index in [-0.39, 0.29) is 17.4 Å². The van der Waals surface area contributed by atoms with E-state index in [0.29, 0.717) is 23.4 Å². The topological polar surface area (TPSA) is 81.7 Å². The Morgan fingerprint density at radius 2 is 1.83 bits per heavy atom. The molecule has 0 unspecified atom stereocenters. The van der Waals surface area contributed by atoms with E-state index >= 15 is 0 Å². The summed E-state index contributed by atoms with van der Waals surface area (Å²) in [7, 11) is 2.61. The highest BCUT2D eigenvalue weighted by molar-refractivity contribution is 7.17. The highest BCUT2D eigenvalue weighted by Gasteiger charge is 2.38. The quantitative estimate of drug-likeness (QED) is 0.856. The molecular formula is C16H21NO5S. The van der Waals surface area contributed by atoms with E-state index in [1.807, 2.05) is 0 Å². The maximum atomic E-state index is 12.2. The van der Waals surface area contributed by atoms with Gasteiger partial charge in [0.1, 0.15) is 5.00 Å². The average Bonchev–Trinajstić information content (AvgIpc) is 3.03. The van der Waals surface area contributed by atoms with Crippen LogP contribution in [0.5, 0.6) is 0 Å². The molecule has 1 amide bonds. The molecule has 0 spiro atoms. The van der Waals surface area contributed by atoms with Gasteiger partial charge in [-0.25, -0.2) is 4.79 Å². The third-order valence-electron chi connectivity index (χ3n) is 3.81. The summed E-state index contributed by atoms with van der Waals surface area (Å²) in [5.74, 6) is -1.61. The van der Waals surface area contributed by atoms with Crippen molar-refractivity contribution in [2.45, 2.75) is 39.5 Å². The van der Waals surface area contributed by atoms with Gasteiger partial charge in [0.15, 0.2) is 0 Å². The van der Waals surface area contributed by atoms with Crippen molar-refractivity contribution in [3.63, 3.8) is 0 Å². The number of carbonyl (C=O) groups is 3. The fourth-order valence-corrected chi connectivity index (χ4v) is 3.79. The van der Waals surface area contributed by atoms with E-state index < -0.39 is 17.3 Å². The minimum Gasteiger partial charge on any atom is -0.469 e. The van der Waals surface area contributed by atoms with Gasteiger partial charge >= 0.3 is 11.9 Å². The zero-order chi connectivity index (χ0) is 17.4. The maximum absolute atomic E-state index is 12.2. The Labute approximate surface area is 139 Å². The smallest absolute Gasteiger partial charge is 0.341 e. The Bertz CT molecular complexity index is 656. The van der Waals surface area contributed by atoms with Crippen molar-refractivity contribution in [3.05, 3.63) is 16.0 Å². The van der Waals surface area contributed by atoms with Crippen LogP contribution in [-0.2, 0) is 25.5 Å². The maximum Gasteiger partial charge on any atom is 0.341 e. The molecule has 0 aliphatic heterocycles. The molecule has 7 heteroatoms. The van der Waals surface area contributed by atoms with Crippen LogP contribution in [0, 0.1) is 5.41 Å². The molecule has 0 aromatic carbocycles. The molecule has 1 aliphatic rings. The van der Waals surface area contributed by atoms with Crippen LogP contribution in [0.1, 0.15) is 53.9 Å². The fraction of sp³-hybridized carbons (Fsp3) is 0.562. The summed E-state index contributed by atoms with van der Waals surface area (Å²) in [5, 5.41) is 3.24. The third kappa shape index (κ3) is 3.24. The molecule has 1 aromatic rings. The zero-order valence-corrected chi connectivity index (χ0v) is 14.8. The summed E-state index contributed by atoms with van der Waals surface area (Å²) in [6.07, 6.45) is 1.28. The molecule has 0 saturated heterocycles. The summed E-state index contributed by atoms with van der Waals surface area (Å²) in [5.41, 5.74) is 0.319. The standard InChI is InChI=1S/C16H21NO5S/c1-16(2,3)15(20)17-12-11(14(19)22-5)10-8(13(18)21-4)6-7-9(10)23-12/h8H,6-7H2,1-5H3,(H,17,20)/t8-/m0/s1. The van der Waals surface area contributed by atoms with E-state index in [4.69, 9.17) is 9.47 Å². The van der Waals surface area contributed by atoms with Gasteiger partial charge in [0, 0.05) is 10.3 Å². The van der Waals surface area contributed by atoms with Crippen LogP contribution < -0.4 is 5.32 Å². The Morgan fingerprint density at radius 1 is 1.17 bits per heavy atom. The first kappa shape index (κ1) is 17.5. The lowest BCUT2D eigenvalue weighted by Gasteiger charge is -2.18. The molecule has 0 fully saturated rings. The number of ether oxygens (including phenoxy) is 2. The van der Waals surface area contributed by atoms with Gasteiger partial charge in [-0.1, -0.05) is 20.8 Å². The molecular weight excluding hydrogens is 318 g/mol. The van der Waals surface area contributed by atoms with Gasteiger partial charge in [-0.2, -0.15) is 0 Å². The number of anilines is 1. The number of hydrogen-bond donors (Lipinski definition) is 1. The number of aryl methyl sites for hydroxylation is 1. The lowest BCUT2D eigenvalue weighted by molar-refractivity contribution is -0.142. The Morgan fingerprint density at radius 3 is 2.35 bits per heavy atom. The molecule has 126 valence electrons. The van der Waals surface area contributed by atoms with Crippen LogP contribution in [0.25, 0.3) is 0 Å². The molecule has 1 atom stereocenters. The van der Waals surface area contributed by atoms with Crippen molar-refractivity contribution in [3.8, 4) is 0 Å². The van der Waals surface area contributed by atoms with Crippen molar-refractivity contribution in [2.75, 3.05) is 19.5 Å². The number of amides is 1. The minimum atomic E-state index is -0.594. The molecule has 0 saturated carbocycles. The molecule has 6 nitrogen and oxygen atoms in total. The second-order valence-electron chi connectivity index (χ2n) is 6.45. The Balaban J connectivity index is 2.48. The van der Waals surface area contributed by atoms with Crippen molar-refractivity contribution < 1.29 is 23.9 Å². The van der Waals surface area contributed by atoms with Crippen LogP contribution in [0.4, 0.5) is 5.00 Å².